The highest BCUT2D eigenvalue weighted by Gasteiger charge is 2.36. The van der Waals surface area contributed by atoms with Crippen molar-refractivity contribution >= 4 is 21.1 Å². The Bertz CT molecular complexity index is 1120. The van der Waals surface area contributed by atoms with Gasteiger partial charge in [-0.25, -0.2) is 13.2 Å². The van der Waals surface area contributed by atoms with E-state index in [0.29, 0.717) is 24.1 Å². The molecule has 0 bridgehead atoms. The van der Waals surface area contributed by atoms with Gasteiger partial charge in [-0.05, 0) is 37.6 Å². The molecule has 3 aromatic rings. The molecule has 2 unspecified atom stereocenters. The molecule has 2 N–H and O–H groups in total. The Morgan fingerprint density at radius 2 is 1.61 bits per heavy atom. The van der Waals surface area contributed by atoms with Crippen LogP contribution in [0.5, 0.6) is 0 Å². The first kappa shape index (κ1) is 18.9. The van der Waals surface area contributed by atoms with Crippen LogP contribution in [0.2, 0.25) is 0 Å². The lowest BCUT2D eigenvalue weighted by molar-refractivity contribution is 0.0699. The molecule has 0 radical (unpaired) electrons. The van der Waals surface area contributed by atoms with E-state index in [-0.39, 0.29) is 22.7 Å². The lowest BCUT2D eigenvalue weighted by Crippen LogP contribution is -2.57. The van der Waals surface area contributed by atoms with Crippen LogP contribution in [-0.2, 0) is 16.6 Å². The van der Waals surface area contributed by atoms with Gasteiger partial charge in [0.15, 0.2) is 0 Å². The molecule has 0 saturated carbocycles. The normalized spacial score (nSPS) is 21.9. The van der Waals surface area contributed by atoms with Crippen LogP contribution in [-0.4, -0.2) is 52.8 Å². The topological polar surface area (TPSA) is 89.3 Å². The van der Waals surface area contributed by atoms with Gasteiger partial charge < -0.3 is 9.97 Å². The first-order chi connectivity index (χ1) is 13.3. The summed E-state index contributed by atoms with van der Waals surface area (Å²) in [5.41, 5.74) is 1.97. The largest absolute Gasteiger partial charge is 0.323 e. The second-order valence-corrected chi connectivity index (χ2v) is 9.40. The minimum Gasteiger partial charge on any atom is -0.306 e. The summed E-state index contributed by atoms with van der Waals surface area (Å²) >= 11 is 0. The zero-order chi connectivity index (χ0) is 19.9. The van der Waals surface area contributed by atoms with E-state index in [4.69, 9.17) is 0 Å². The highest BCUT2D eigenvalue weighted by atomic mass is 32.2. The number of fused-ring (bicyclic) bond motifs is 1. The summed E-state index contributed by atoms with van der Waals surface area (Å²) < 4.78 is 27.9. The van der Waals surface area contributed by atoms with Crippen molar-refractivity contribution in [3.05, 3.63) is 64.6 Å². The smallest absolute Gasteiger partial charge is 0.306 e. The zero-order valence-corrected chi connectivity index (χ0v) is 16.7. The minimum atomic E-state index is -3.64. The number of nitrogens with one attached hydrogen (secondary N) is 2. The summed E-state index contributed by atoms with van der Waals surface area (Å²) in [4.78, 5) is 19.2. The molecule has 28 heavy (non-hydrogen) atoms. The number of H-pyrrole nitrogens is 2. The number of hydrogen-bond donors (Lipinski definition) is 2. The Morgan fingerprint density at radius 1 is 0.964 bits per heavy atom. The summed E-state index contributed by atoms with van der Waals surface area (Å²) in [6.45, 7) is 5.79. The van der Waals surface area contributed by atoms with Gasteiger partial charge in [-0.2, -0.15) is 4.31 Å². The second-order valence-electron chi connectivity index (χ2n) is 7.46. The molecule has 4 rings (SSSR count). The summed E-state index contributed by atoms with van der Waals surface area (Å²) in [5, 5.41) is 0. The Morgan fingerprint density at radius 3 is 2.29 bits per heavy atom. The van der Waals surface area contributed by atoms with Crippen LogP contribution in [0.3, 0.4) is 0 Å². The average Bonchev–Trinajstić information content (AvgIpc) is 3.04. The van der Waals surface area contributed by atoms with E-state index in [1.807, 2.05) is 18.2 Å². The summed E-state index contributed by atoms with van der Waals surface area (Å²) in [5.74, 6) is 0. The average molecular weight is 401 g/mol. The Labute approximate surface area is 164 Å². The van der Waals surface area contributed by atoms with E-state index in [1.54, 1.807) is 16.4 Å². The SMILES string of the molecule is CC1CN(S(=O)(=O)c2ccc3[nH]c(=O)[nH]c3c2)CC(C)N1Cc1ccccc1. The van der Waals surface area contributed by atoms with Crippen LogP contribution >= 0.6 is 0 Å². The maximum absolute atomic E-state index is 13.2. The Balaban J connectivity index is 1.56. The van der Waals surface area contributed by atoms with Gasteiger partial charge in [0.25, 0.3) is 0 Å². The Kier molecular flexibility index (Phi) is 4.86. The predicted octanol–water partition coefficient (Wildman–Crippen LogP) is 2.14. The van der Waals surface area contributed by atoms with Crippen molar-refractivity contribution in [3.63, 3.8) is 0 Å². The zero-order valence-electron chi connectivity index (χ0n) is 15.9. The van der Waals surface area contributed by atoms with Crippen molar-refractivity contribution in [3.8, 4) is 0 Å². The second kappa shape index (κ2) is 7.20. The molecule has 1 fully saturated rings. The molecule has 1 aliphatic heterocycles. The third-order valence-corrected chi connectivity index (χ3v) is 7.23. The maximum Gasteiger partial charge on any atom is 0.323 e. The van der Waals surface area contributed by atoms with E-state index in [9.17, 15) is 13.2 Å². The van der Waals surface area contributed by atoms with Crippen LogP contribution in [0.15, 0.2) is 58.2 Å². The van der Waals surface area contributed by atoms with Crippen LogP contribution in [0, 0.1) is 0 Å². The lowest BCUT2D eigenvalue weighted by Gasteiger charge is -2.43. The fourth-order valence-corrected chi connectivity index (χ4v) is 5.56. The number of nitrogens with zero attached hydrogens (tertiary/aromatic N) is 2. The fraction of sp³-hybridized carbons (Fsp3) is 0.350. The molecule has 8 heteroatoms. The van der Waals surface area contributed by atoms with E-state index < -0.39 is 10.0 Å². The van der Waals surface area contributed by atoms with Gasteiger partial charge in [0, 0.05) is 31.7 Å². The van der Waals surface area contributed by atoms with E-state index >= 15 is 0 Å². The fourth-order valence-electron chi connectivity index (χ4n) is 3.93. The molecular weight excluding hydrogens is 376 g/mol. The monoisotopic (exact) mass is 400 g/mol. The molecule has 2 atom stereocenters. The van der Waals surface area contributed by atoms with Crippen molar-refractivity contribution in [2.75, 3.05) is 13.1 Å². The molecule has 7 nitrogen and oxygen atoms in total. The molecule has 2 aromatic carbocycles. The standard InChI is InChI=1S/C20H24N4O3S/c1-14-11-23(12-15(2)24(14)13-16-6-4-3-5-7-16)28(26,27)17-8-9-18-19(10-17)22-20(25)21-18/h3-10,14-15H,11-13H2,1-2H3,(H2,21,22,25). The number of rotatable bonds is 4. The van der Waals surface area contributed by atoms with Crippen LogP contribution in [0.4, 0.5) is 0 Å². The van der Waals surface area contributed by atoms with Gasteiger partial charge >= 0.3 is 5.69 Å². The summed E-state index contributed by atoms with van der Waals surface area (Å²) in [6.07, 6.45) is 0. The lowest BCUT2D eigenvalue weighted by atomic mass is 10.1. The third-order valence-electron chi connectivity index (χ3n) is 5.40. The van der Waals surface area contributed by atoms with E-state index in [0.717, 1.165) is 6.54 Å². The number of piperazine rings is 1. The molecule has 0 amide bonds. The van der Waals surface area contributed by atoms with Gasteiger partial charge in [-0.15, -0.1) is 0 Å². The summed E-state index contributed by atoms with van der Waals surface area (Å²) in [6, 6.07) is 15.1. The van der Waals surface area contributed by atoms with E-state index in [2.05, 4.69) is 40.8 Å². The van der Waals surface area contributed by atoms with E-state index in [1.165, 1.54) is 11.6 Å². The molecule has 1 saturated heterocycles. The minimum absolute atomic E-state index is 0.0922. The molecule has 0 spiro atoms. The van der Waals surface area contributed by atoms with Crippen molar-refractivity contribution < 1.29 is 8.42 Å². The van der Waals surface area contributed by atoms with Crippen LogP contribution in [0.1, 0.15) is 19.4 Å². The van der Waals surface area contributed by atoms with Crippen molar-refractivity contribution in [2.45, 2.75) is 37.4 Å². The van der Waals surface area contributed by atoms with Crippen LogP contribution in [0.25, 0.3) is 11.0 Å². The number of benzene rings is 2. The van der Waals surface area contributed by atoms with Crippen molar-refractivity contribution in [1.29, 1.82) is 0 Å². The number of sulfonamides is 1. The molecule has 1 aliphatic rings. The number of aromatic nitrogens is 2. The number of hydrogen-bond acceptors (Lipinski definition) is 4. The third kappa shape index (κ3) is 3.50. The van der Waals surface area contributed by atoms with Gasteiger partial charge in [0.2, 0.25) is 10.0 Å². The first-order valence-corrected chi connectivity index (χ1v) is 10.8. The highest BCUT2D eigenvalue weighted by molar-refractivity contribution is 7.89. The number of imidazole rings is 1. The van der Waals surface area contributed by atoms with Gasteiger partial charge in [0.05, 0.1) is 15.9 Å². The van der Waals surface area contributed by atoms with Crippen molar-refractivity contribution in [2.24, 2.45) is 0 Å². The quantitative estimate of drug-likeness (QED) is 0.702. The molecule has 0 aliphatic carbocycles. The van der Waals surface area contributed by atoms with Crippen molar-refractivity contribution in [1.82, 2.24) is 19.2 Å². The Hall–Kier alpha value is -2.42. The van der Waals surface area contributed by atoms with Gasteiger partial charge in [0.1, 0.15) is 0 Å². The van der Waals surface area contributed by atoms with Gasteiger partial charge in [-0.1, -0.05) is 30.3 Å². The number of aromatic amines is 2. The molecule has 2 heterocycles. The highest BCUT2D eigenvalue weighted by Crippen LogP contribution is 2.25. The molecule has 148 valence electrons. The maximum atomic E-state index is 13.2. The molecular formula is C20H24N4O3S. The molecule has 1 aromatic heterocycles. The van der Waals surface area contributed by atoms with Crippen LogP contribution < -0.4 is 5.69 Å². The van der Waals surface area contributed by atoms with Gasteiger partial charge in [-0.3, -0.25) is 4.90 Å². The summed E-state index contributed by atoms with van der Waals surface area (Å²) in [7, 11) is -3.64. The first-order valence-electron chi connectivity index (χ1n) is 9.36. The predicted molar refractivity (Wildman–Crippen MR) is 109 cm³/mol.